The lowest BCUT2D eigenvalue weighted by atomic mass is 9.94. The van der Waals surface area contributed by atoms with Crippen LogP contribution in [0, 0.1) is 0 Å². The van der Waals surface area contributed by atoms with Crippen LogP contribution < -0.4 is 5.32 Å². The number of rotatable bonds is 4. The summed E-state index contributed by atoms with van der Waals surface area (Å²) in [4.78, 5) is 14.3. The number of hydrogen-bond acceptors (Lipinski definition) is 4. The number of nitrogens with one attached hydrogen (secondary N) is 1. The summed E-state index contributed by atoms with van der Waals surface area (Å²) in [6.07, 6.45) is 7.33. The van der Waals surface area contributed by atoms with Crippen LogP contribution in [-0.4, -0.2) is 29.1 Å². The van der Waals surface area contributed by atoms with Gasteiger partial charge in [0.25, 0.3) is 5.91 Å². The van der Waals surface area contributed by atoms with Gasteiger partial charge in [-0.3, -0.25) is 9.69 Å². The molecule has 0 bridgehead atoms. The maximum Gasteiger partial charge on any atom is 0.276 e. The summed E-state index contributed by atoms with van der Waals surface area (Å²) in [6.45, 7) is 0.414. The van der Waals surface area contributed by atoms with Gasteiger partial charge in [-0.2, -0.15) is 0 Å². The van der Waals surface area contributed by atoms with Crippen LogP contribution in [0.3, 0.4) is 0 Å². The fourth-order valence-corrected chi connectivity index (χ4v) is 3.40. The standard InChI is InChI=1S/C16H20N2O3S/c1-20-10-13-8-7-12(21-13)9-14-15(19)18(16(22)17-14)11-5-3-2-4-6-11/h7-9,11H,2-6,10H2,1H3,(H,17,22). The fraction of sp³-hybridized carbons (Fsp3) is 0.500. The first-order valence-corrected chi connectivity index (χ1v) is 8.04. The summed E-state index contributed by atoms with van der Waals surface area (Å²) in [6, 6.07) is 3.89. The van der Waals surface area contributed by atoms with E-state index >= 15 is 0 Å². The fourth-order valence-electron chi connectivity index (χ4n) is 3.05. The van der Waals surface area contributed by atoms with Gasteiger partial charge in [0.15, 0.2) is 5.11 Å². The Labute approximate surface area is 135 Å². The number of methoxy groups -OCH3 is 1. The van der Waals surface area contributed by atoms with Gasteiger partial charge in [0.05, 0.1) is 0 Å². The van der Waals surface area contributed by atoms with E-state index in [4.69, 9.17) is 21.4 Å². The summed E-state index contributed by atoms with van der Waals surface area (Å²) >= 11 is 5.34. The van der Waals surface area contributed by atoms with Gasteiger partial charge < -0.3 is 14.5 Å². The van der Waals surface area contributed by atoms with Crippen molar-refractivity contribution < 1.29 is 13.9 Å². The summed E-state index contributed by atoms with van der Waals surface area (Å²) in [5, 5.41) is 3.52. The predicted octanol–water partition coefficient (Wildman–Crippen LogP) is 2.82. The molecule has 1 aromatic heterocycles. The Morgan fingerprint density at radius 3 is 2.91 bits per heavy atom. The first-order chi connectivity index (χ1) is 10.7. The lowest BCUT2D eigenvalue weighted by Gasteiger charge is -2.29. The third-order valence-electron chi connectivity index (χ3n) is 4.11. The number of carbonyl (C=O) groups excluding carboxylic acids is 1. The van der Waals surface area contributed by atoms with Crippen molar-refractivity contribution in [3.8, 4) is 0 Å². The normalized spacial score (nSPS) is 21.7. The van der Waals surface area contributed by atoms with Crippen molar-refractivity contribution in [3.05, 3.63) is 29.4 Å². The topological polar surface area (TPSA) is 54.7 Å². The maximum absolute atomic E-state index is 12.6. The highest BCUT2D eigenvalue weighted by Crippen LogP contribution is 2.27. The average Bonchev–Trinajstić information content (AvgIpc) is 3.06. The van der Waals surface area contributed by atoms with E-state index in [9.17, 15) is 4.79 Å². The van der Waals surface area contributed by atoms with Crippen molar-refractivity contribution in [2.24, 2.45) is 0 Å². The number of carbonyl (C=O) groups is 1. The highest BCUT2D eigenvalue weighted by molar-refractivity contribution is 7.80. The van der Waals surface area contributed by atoms with Gasteiger partial charge in [-0.15, -0.1) is 0 Å². The van der Waals surface area contributed by atoms with E-state index in [0.717, 1.165) is 31.4 Å². The smallest absolute Gasteiger partial charge is 0.276 e. The zero-order valence-electron chi connectivity index (χ0n) is 12.6. The molecule has 22 heavy (non-hydrogen) atoms. The molecule has 0 spiro atoms. The number of hydrogen-bond donors (Lipinski definition) is 1. The molecule has 0 atom stereocenters. The third kappa shape index (κ3) is 3.08. The number of ether oxygens (including phenoxy) is 1. The molecule has 118 valence electrons. The first-order valence-electron chi connectivity index (χ1n) is 7.63. The Hall–Kier alpha value is -1.66. The second-order valence-corrected chi connectivity index (χ2v) is 6.08. The Bertz CT molecular complexity index is 602. The minimum Gasteiger partial charge on any atom is -0.459 e. The van der Waals surface area contributed by atoms with Gasteiger partial charge in [-0.1, -0.05) is 19.3 Å². The summed E-state index contributed by atoms with van der Waals surface area (Å²) < 4.78 is 10.6. The quantitative estimate of drug-likeness (QED) is 0.683. The molecule has 5 nitrogen and oxygen atoms in total. The van der Waals surface area contributed by atoms with Gasteiger partial charge in [-0.25, -0.2) is 0 Å². The molecule has 3 rings (SSSR count). The molecule has 0 aromatic carbocycles. The Morgan fingerprint density at radius 2 is 2.18 bits per heavy atom. The van der Waals surface area contributed by atoms with Crippen molar-refractivity contribution in [1.82, 2.24) is 10.2 Å². The average molecular weight is 320 g/mol. The second kappa shape index (κ2) is 6.62. The van der Waals surface area contributed by atoms with Crippen LogP contribution in [0.1, 0.15) is 43.6 Å². The van der Waals surface area contributed by atoms with E-state index in [-0.39, 0.29) is 11.9 Å². The molecule has 0 radical (unpaired) electrons. The minimum absolute atomic E-state index is 0.0541. The highest BCUT2D eigenvalue weighted by Gasteiger charge is 2.36. The molecular formula is C16H20N2O3S. The first kappa shape index (κ1) is 15.2. The van der Waals surface area contributed by atoms with Crippen LogP contribution in [-0.2, 0) is 16.1 Å². The zero-order valence-corrected chi connectivity index (χ0v) is 13.4. The summed E-state index contributed by atoms with van der Waals surface area (Å²) in [5.41, 5.74) is 0.480. The maximum atomic E-state index is 12.6. The van der Waals surface area contributed by atoms with Crippen LogP contribution in [0.5, 0.6) is 0 Å². The van der Waals surface area contributed by atoms with Crippen LogP contribution in [0.2, 0.25) is 0 Å². The van der Waals surface area contributed by atoms with E-state index in [1.807, 2.05) is 12.1 Å². The molecule has 1 amide bonds. The minimum atomic E-state index is -0.0541. The molecule has 1 aromatic rings. The SMILES string of the molecule is COCc1ccc(C=C2NC(=S)N(C3CCCCC3)C2=O)o1. The van der Waals surface area contributed by atoms with Crippen molar-refractivity contribution in [2.45, 2.75) is 44.8 Å². The molecule has 2 heterocycles. The molecule has 1 aliphatic carbocycles. The molecule has 1 saturated heterocycles. The monoisotopic (exact) mass is 320 g/mol. The highest BCUT2D eigenvalue weighted by atomic mass is 32.1. The van der Waals surface area contributed by atoms with Crippen molar-refractivity contribution >= 4 is 29.3 Å². The molecule has 1 aliphatic heterocycles. The van der Waals surface area contributed by atoms with E-state index in [0.29, 0.717) is 23.2 Å². The third-order valence-corrected chi connectivity index (χ3v) is 4.40. The van der Waals surface area contributed by atoms with Gasteiger partial charge in [-0.05, 0) is 37.2 Å². The number of thiocarbonyl (C=S) groups is 1. The van der Waals surface area contributed by atoms with Crippen LogP contribution in [0.15, 0.2) is 22.2 Å². The molecule has 0 unspecified atom stereocenters. The number of nitrogens with zero attached hydrogens (tertiary/aromatic N) is 1. The molecule has 1 N–H and O–H groups in total. The van der Waals surface area contributed by atoms with Crippen molar-refractivity contribution in [1.29, 1.82) is 0 Å². The van der Waals surface area contributed by atoms with Crippen molar-refractivity contribution in [3.63, 3.8) is 0 Å². The molecule has 2 aliphatic rings. The lowest BCUT2D eigenvalue weighted by Crippen LogP contribution is -2.41. The Morgan fingerprint density at radius 1 is 1.41 bits per heavy atom. The van der Waals surface area contributed by atoms with Crippen LogP contribution >= 0.6 is 12.2 Å². The van der Waals surface area contributed by atoms with Gasteiger partial charge in [0, 0.05) is 19.2 Å². The largest absolute Gasteiger partial charge is 0.459 e. The number of amides is 1. The molecule has 2 fully saturated rings. The lowest BCUT2D eigenvalue weighted by molar-refractivity contribution is -0.124. The van der Waals surface area contributed by atoms with Crippen LogP contribution in [0.4, 0.5) is 0 Å². The van der Waals surface area contributed by atoms with Crippen molar-refractivity contribution in [2.75, 3.05) is 7.11 Å². The molecule has 1 saturated carbocycles. The van der Waals surface area contributed by atoms with E-state index in [1.54, 1.807) is 18.1 Å². The van der Waals surface area contributed by atoms with Gasteiger partial charge in [0.2, 0.25) is 0 Å². The van der Waals surface area contributed by atoms with E-state index < -0.39 is 0 Å². The predicted molar refractivity (Wildman–Crippen MR) is 86.9 cm³/mol. The van der Waals surface area contributed by atoms with Gasteiger partial charge in [0.1, 0.15) is 23.8 Å². The number of furan rings is 1. The van der Waals surface area contributed by atoms with E-state index in [2.05, 4.69) is 5.32 Å². The van der Waals surface area contributed by atoms with Crippen LogP contribution in [0.25, 0.3) is 6.08 Å². The summed E-state index contributed by atoms with van der Waals surface area (Å²) in [7, 11) is 1.61. The molecular weight excluding hydrogens is 300 g/mol. The zero-order chi connectivity index (χ0) is 15.5. The van der Waals surface area contributed by atoms with E-state index in [1.165, 1.54) is 6.42 Å². The Balaban J connectivity index is 1.75. The van der Waals surface area contributed by atoms with Gasteiger partial charge >= 0.3 is 0 Å². The summed E-state index contributed by atoms with van der Waals surface area (Å²) in [5.74, 6) is 1.30. The Kier molecular flexibility index (Phi) is 4.59. The second-order valence-electron chi connectivity index (χ2n) is 5.69. The molecule has 6 heteroatoms.